The third-order valence-electron chi connectivity index (χ3n) is 0. The average molecular weight is 178 g/mol. The smallest absolute Gasteiger partial charge is 0.822 e. The van der Waals surface area contributed by atoms with Crippen molar-refractivity contribution in [2.24, 2.45) is 0 Å². The first-order valence-electron chi connectivity index (χ1n) is 1.50. The second-order valence-corrected chi connectivity index (χ2v) is 1.69. The molecular weight excluding hydrogens is 175 g/mol. The maximum Gasteiger partial charge on any atom is 1.00 e. The summed E-state index contributed by atoms with van der Waals surface area (Å²) in [6.07, 6.45) is 0. The van der Waals surface area contributed by atoms with Crippen LogP contribution >= 0.6 is 7.82 Å². The Labute approximate surface area is 106 Å². The van der Waals surface area contributed by atoms with Gasteiger partial charge in [-0.3, -0.25) is 0 Å². The number of rotatable bonds is 0. The van der Waals surface area contributed by atoms with E-state index >= 15 is 0 Å². The monoisotopic (exact) mass is 178 g/mol. The minimum Gasteiger partial charge on any atom is -0.822 e. The SMILES string of the molecule is O=P([O-])([O-])[O-].OB(O)O.[Li+].[Li+].[Li+]. The van der Waals surface area contributed by atoms with Gasteiger partial charge in [-0.1, -0.05) is 0 Å². The fraction of sp³-hybridized carbons (Fsp3) is 0. The maximum absolute atomic E-state index is 8.55. The molecule has 12 heteroatoms. The van der Waals surface area contributed by atoms with Gasteiger partial charge in [-0.25, -0.2) is 0 Å². The maximum atomic E-state index is 8.55. The molecule has 0 aliphatic rings. The van der Waals surface area contributed by atoms with Crippen molar-refractivity contribution in [1.82, 2.24) is 0 Å². The van der Waals surface area contributed by atoms with Gasteiger partial charge in [0.15, 0.2) is 0 Å². The molecule has 0 radical (unpaired) electrons. The summed E-state index contributed by atoms with van der Waals surface area (Å²) in [5, 5.41) is 21.5. The molecule has 0 saturated carbocycles. The Balaban J connectivity index is -0.0000000221. The molecule has 0 aliphatic carbocycles. The third-order valence-corrected chi connectivity index (χ3v) is 0. The van der Waals surface area contributed by atoms with Gasteiger partial charge in [-0.2, -0.15) is 7.82 Å². The molecule has 0 aromatic rings. The van der Waals surface area contributed by atoms with Crippen LogP contribution in [0.1, 0.15) is 0 Å². The third kappa shape index (κ3) is 409. The molecule has 7 nitrogen and oxygen atoms in total. The van der Waals surface area contributed by atoms with E-state index in [4.69, 9.17) is 34.3 Å². The predicted molar refractivity (Wildman–Crippen MR) is 20.0 cm³/mol. The van der Waals surface area contributed by atoms with E-state index in [2.05, 4.69) is 0 Å². The summed E-state index contributed by atoms with van der Waals surface area (Å²) in [6.45, 7) is 0. The largest absolute Gasteiger partial charge is 1.00 e. The van der Waals surface area contributed by atoms with Gasteiger partial charge in [0.25, 0.3) is 0 Å². The molecule has 0 atom stereocenters. The van der Waals surface area contributed by atoms with Crippen LogP contribution in [-0.4, -0.2) is 22.4 Å². The van der Waals surface area contributed by atoms with Crippen molar-refractivity contribution < 1.29 is 90.9 Å². The molecule has 0 rings (SSSR count). The van der Waals surface area contributed by atoms with E-state index in [1.54, 1.807) is 0 Å². The summed E-state index contributed by atoms with van der Waals surface area (Å²) in [4.78, 5) is 25.6. The van der Waals surface area contributed by atoms with Crippen molar-refractivity contribution in [2.45, 2.75) is 0 Å². The molecular formula is H3BLi3O7P. The fourth-order valence-corrected chi connectivity index (χ4v) is 0. The Morgan fingerprint density at radius 1 is 0.917 bits per heavy atom. The first kappa shape index (κ1) is 29.2. The van der Waals surface area contributed by atoms with Crippen molar-refractivity contribution in [2.75, 3.05) is 0 Å². The molecule has 56 valence electrons. The Morgan fingerprint density at radius 3 is 0.917 bits per heavy atom. The molecule has 0 spiro atoms. The zero-order valence-electron chi connectivity index (χ0n) is 7.00. The molecule has 0 aromatic heterocycles. The summed E-state index contributed by atoms with van der Waals surface area (Å²) < 4.78 is 8.55. The van der Waals surface area contributed by atoms with Crippen LogP contribution in [0.15, 0.2) is 0 Å². The summed E-state index contributed by atoms with van der Waals surface area (Å²) >= 11 is 0. The molecule has 0 saturated heterocycles. The molecule has 12 heavy (non-hydrogen) atoms. The van der Waals surface area contributed by atoms with Crippen LogP contribution < -0.4 is 71.3 Å². The molecule has 3 N–H and O–H groups in total. The molecule has 0 aliphatic heterocycles. The number of phosphoric acid groups is 1. The van der Waals surface area contributed by atoms with Crippen molar-refractivity contribution in [3.05, 3.63) is 0 Å². The van der Waals surface area contributed by atoms with Gasteiger partial charge in [0, 0.05) is 0 Å². The zero-order chi connectivity index (χ0) is 8.08. The second-order valence-electron chi connectivity index (χ2n) is 0.794. The standard InChI is InChI=1S/BH3O3.3Li.H3O4P/c2-1(3)4;;;;1-5(2,3)4/h2-4H;;;;(H3,1,2,3,4)/q;3*+1;/p-3. The van der Waals surface area contributed by atoms with Crippen LogP contribution in [0, 0.1) is 0 Å². The first-order valence-corrected chi connectivity index (χ1v) is 2.97. The summed E-state index contributed by atoms with van der Waals surface area (Å²) in [5.41, 5.74) is 0. The molecule has 0 bridgehead atoms. The van der Waals surface area contributed by atoms with Gasteiger partial charge < -0.3 is 34.3 Å². The molecule has 0 amide bonds. The van der Waals surface area contributed by atoms with Gasteiger partial charge in [0.05, 0.1) is 0 Å². The van der Waals surface area contributed by atoms with Crippen molar-refractivity contribution >= 4 is 15.1 Å². The van der Waals surface area contributed by atoms with E-state index in [-0.39, 0.29) is 56.6 Å². The number of hydrogen-bond donors (Lipinski definition) is 3. The van der Waals surface area contributed by atoms with E-state index in [9.17, 15) is 0 Å². The first-order chi connectivity index (χ1) is 3.73. The Kier molecular flexibility index (Phi) is 37.3. The van der Waals surface area contributed by atoms with E-state index in [1.807, 2.05) is 0 Å². The van der Waals surface area contributed by atoms with E-state index in [1.165, 1.54) is 0 Å². The van der Waals surface area contributed by atoms with Gasteiger partial charge in [-0.05, 0) is 0 Å². The molecule has 0 unspecified atom stereocenters. The van der Waals surface area contributed by atoms with E-state index < -0.39 is 15.1 Å². The molecule has 0 aromatic carbocycles. The van der Waals surface area contributed by atoms with Gasteiger partial charge >= 0.3 is 63.9 Å². The zero-order valence-corrected chi connectivity index (χ0v) is 7.89. The predicted octanol–water partition coefficient (Wildman–Crippen LogP) is -13.9. The van der Waals surface area contributed by atoms with Crippen LogP contribution in [0.2, 0.25) is 0 Å². The van der Waals surface area contributed by atoms with Crippen LogP contribution in [0.4, 0.5) is 0 Å². The van der Waals surface area contributed by atoms with Crippen molar-refractivity contribution in [1.29, 1.82) is 0 Å². The number of hydrogen-bond acceptors (Lipinski definition) is 7. The van der Waals surface area contributed by atoms with Crippen LogP contribution in [0.3, 0.4) is 0 Å². The van der Waals surface area contributed by atoms with Gasteiger partial charge in [0.2, 0.25) is 0 Å². The second kappa shape index (κ2) is 15.3. The topological polar surface area (TPSA) is 147 Å². The van der Waals surface area contributed by atoms with Gasteiger partial charge in [0.1, 0.15) is 0 Å². The fourth-order valence-electron chi connectivity index (χ4n) is 0. The van der Waals surface area contributed by atoms with Crippen LogP contribution in [-0.2, 0) is 4.57 Å². The summed E-state index contributed by atoms with van der Waals surface area (Å²) in [5.74, 6) is 0. The summed E-state index contributed by atoms with van der Waals surface area (Å²) in [7, 11) is -7.56. The quantitative estimate of drug-likeness (QED) is 0.246. The van der Waals surface area contributed by atoms with E-state index in [0.717, 1.165) is 0 Å². The molecule has 0 heterocycles. The Hall–Kier alpha value is 1.85. The van der Waals surface area contributed by atoms with Crippen molar-refractivity contribution in [3.8, 4) is 0 Å². The average Bonchev–Trinajstić information content (AvgIpc) is 1.19. The summed E-state index contributed by atoms with van der Waals surface area (Å²) in [6, 6.07) is 0. The van der Waals surface area contributed by atoms with E-state index in [0.29, 0.717) is 0 Å². The molecule has 0 fully saturated rings. The minimum absolute atomic E-state index is 0. The Bertz CT molecular complexity index is 89.8. The minimum atomic E-state index is -5.39. The Morgan fingerprint density at radius 2 is 0.917 bits per heavy atom. The normalized spacial score (nSPS) is 7.17. The van der Waals surface area contributed by atoms with Crippen LogP contribution in [0.25, 0.3) is 0 Å². The van der Waals surface area contributed by atoms with Crippen LogP contribution in [0.5, 0.6) is 0 Å². The van der Waals surface area contributed by atoms with Gasteiger partial charge in [-0.15, -0.1) is 0 Å². The van der Waals surface area contributed by atoms with Crippen molar-refractivity contribution in [3.63, 3.8) is 0 Å².